The summed E-state index contributed by atoms with van der Waals surface area (Å²) in [5, 5.41) is 2.97. The predicted octanol–water partition coefficient (Wildman–Crippen LogP) is 4.49. The van der Waals surface area contributed by atoms with E-state index in [4.69, 9.17) is 11.6 Å². The largest absolute Gasteiger partial charge is 0.416 e. The molecule has 0 amide bonds. The minimum atomic E-state index is -4.32. The van der Waals surface area contributed by atoms with E-state index in [1.165, 1.54) is 22.9 Å². The number of rotatable bonds is 2. The lowest BCUT2D eigenvalue weighted by Crippen LogP contribution is -2.08. The van der Waals surface area contributed by atoms with Crippen LogP contribution in [0.2, 0.25) is 5.02 Å². The summed E-state index contributed by atoms with van der Waals surface area (Å²) in [6.07, 6.45) is -2.63. The third kappa shape index (κ3) is 2.62. The van der Waals surface area contributed by atoms with E-state index in [1.807, 2.05) is 0 Å². The summed E-state index contributed by atoms with van der Waals surface area (Å²) in [6, 6.07) is 4.68. The van der Waals surface area contributed by atoms with Crippen LogP contribution in [0.15, 0.2) is 45.6 Å². The van der Waals surface area contributed by atoms with Crippen LogP contribution in [0, 0.1) is 0 Å². The molecule has 6 heteroatoms. The van der Waals surface area contributed by atoms with E-state index in [0.29, 0.717) is 16.7 Å². The molecule has 0 aromatic heterocycles. The number of alkyl halides is 3. The Balaban J connectivity index is 2.30. The van der Waals surface area contributed by atoms with Crippen molar-refractivity contribution >= 4 is 28.8 Å². The van der Waals surface area contributed by atoms with E-state index in [1.54, 1.807) is 6.07 Å². The number of carbonyl (C=O) groups excluding carboxylic acids is 1. The zero-order valence-electron chi connectivity index (χ0n) is 8.91. The number of allylic oxidation sites excluding steroid dienone is 2. The van der Waals surface area contributed by atoms with Crippen molar-refractivity contribution in [2.45, 2.75) is 11.1 Å². The lowest BCUT2D eigenvalue weighted by molar-refractivity contribution is -0.0878. The lowest BCUT2D eigenvalue weighted by atomic mass is 10.2. The van der Waals surface area contributed by atoms with Gasteiger partial charge in [-0.2, -0.15) is 24.1 Å². The molecule has 1 aromatic rings. The van der Waals surface area contributed by atoms with Crippen molar-refractivity contribution in [3.63, 3.8) is 0 Å². The van der Waals surface area contributed by atoms with E-state index in [0.717, 1.165) is 6.08 Å². The van der Waals surface area contributed by atoms with Crippen molar-refractivity contribution in [2.24, 2.45) is 0 Å². The first-order valence-electron chi connectivity index (χ1n) is 4.92. The first-order valence-corrected chi connectivity index (χ1v) is 6.78. The van der Waals surface area contributed by atoms with Gasteiger partial charge in [0.1, 0.15) is 0 Å². The van der Waals surface area contributed by atoms with Gasteiger partial charge in [0, 0.05) is 5.56 Å². The number of benzene rings is 1. The molecule has 0 aliphatic carbocycles. The zero-order valence-corrected chi connectivity index (χ0v) is 10.6. The molecule has 1 nitrogen and oxygen atoms in total. The van der Waals surface area contributed by atoms with E-state index < -0.39 is 22.6 Å². The molecule has 1 atom stereocenters. The normalized spacial score (nSPS) is 20.9. The van der Waals surface area contributed by atoms with Crippen molar-refractivity contribution in [2.75, 3.05) is 0 Å². The van der Waals surface area contributed by atoms with Crippen molar-refractivity contribution < 1.29 is 18.0 Å². The molecule has 2 rings (SSSR count). The predicted molar refractivity (Wildman–Crippen MR) is 67.4 cm³/mol. The Bertz CT molecular complexity index is 549. The quantitative estimate of drug-likeness (QED) is 0.628. The number of carbonyl (C=O) groups is 1. The monoisotopic (exact) mass is 292 g/mol. The van der Waals surface area contributed by atoms with Crippen molar-refractivity contribution in [1.29, 1.82) is 0 Å². The van der Waals surface area contributed by atoms with Gasteiger partial charge in [0.05, 0.1) is 10.6 Å². The number of hydrogen-bond acceptors (Lipinski definition) is 1. The molecular weight excluding hydrogens is 285 g/mol. The molecule has 0 spiro atoms. The molecule has 1 heterocycles. The van der Waals surface area contributed by atoms with Crippen molar-refractivity contribution in [3.05, 3.63) is 51.3 Å². The maximum absolute atomic E-state index is 12.5. The molecule has 0 saturated carbocycles. The third-order valence-electron chi connectivity index (χ3n) is 2.43. The van der Waals surface area contributed by atoms with Gasteiger partial charge in [-0.1, -0.05) is 11.6 Å². The first-order chi connectivity index (χ1) is 8.41. The molecule has 0 saturated heterocycles. The van der Waals surface area contributed by atoms with Crippen LogP contribution in [0.25, 0.3) is 0 Å². The maximum Gasteiger partial charge on any atom is 0.416 e. The molecular formula is C12H8ClF3OS. The fourth-order valence-electron chi connectivity index (χ4n) is 1.50. The van der Waals surface area contributed by atoms with E-state index >= 15 is 0 Å². The molecule has 18 heavy (non-hydrogen) atoms. The second kappa shape index (κ2) is 4.82. The molecule has 0 radical (unpaired) electrons. The molecule has 1 unspecified atom stereocenters. The smallest absolute Gasteiger partial charge is 0.298 e. The highest BCUT2D eigenvalue weighted by atomic mass is 35.5. The molecule has 96 valence electrons. The Morgan fingerprint density at radius 2 is 2.00 bits per heavy atom. The molecule has 1 aromatic carbocycles. The van der Waals surface area contributed by atoms with Crippen molar-refractivity contribution in [3.8, 4) is 0 Å². The Labute approximate surface area is 109 Å². The summed E-state index contributed by atoms with van der Waals surface area (Å²) >= 11 is 5.85. The average molecular weight is 293 g/mol. The zero-order chi connectivity index (χ0) is 13.3. The topological polar surface area (TPSA) is 17.1 Å². The highest BCUT2D eigenvalue weighted by Crippen LogP contribution is 2.48. The fourth-order valence-corrected chi connectivity index (χ4v) is 3.58. The number of hydrogen-bond donors (Lipinski definition) is 1. The van der Waals surface area contributed by atoms with Gasteiger partial charge in [-0.05, 0) is 40.0 Å². The standard InChI is InChI=1S/C12H8ClF3OS/c13-11-5-10(2-1-8(11)6-17)18-4-3-9(7-18)12(14,15)16/h1-7,18H. The summed E-state index contributed by atoms with van der Waals surface area (Å²) in [6.45, 7) is 0. The fraction of sp³-hybridized carbons (Fsp3) is 0.0833. The average Bonchev–Trinajstić information content (AvgIpc) is 2.77. The van der Waals surface area contributed by atoms with Gasteiger partial charge in [0.25, 0.3) is 0 Å². The Morgan fingerprint density at radius 1 is 1.28 bits per heavy atom. The van der Waals surface area contributed by atoms with Crippen LogP contribution in [-0.2, 0) is 0 Å². The van der Waals surface area contributed by atoms with Gasteiger partial charge in [-0.15, -0.1) is 0 Å². The molecule has 0 N–H and O–H groups in total. The summed E-state index contributed by atoms with van der Waals surface area (Å²) in [5.74, 6) is 0. The van der Waals surface area contributed by atoms with Gasteiger partial charge < -0.3 is 0 Å². The summed E-state index contributed by atoms with van der Waals surface area (Å²) in [7, 11) is -1.14. The Morgan fingerprint density at radius 3 is 2.50 bits per heavy atom. The first kappa shape index (κ1) is 13.2. The Kier molecular flexibility index (Phi) is 3.54. The number of thiol groups is 1. The molecule has 1 aliphatic rings. The highest BCUT2D eigenvalue weighted by molar-refractivity contribution is 8.22. The van der Waals surface area contributed by atoms with Gasteiger partial charge in [-0.3, -0.25) is 4.79 Å². The molecule has 1 aliphatic heterocycles. The third-order valence-corrected chi connectivity index (χ3v) is 4.66. The van der Waals surface area contributed by atoms with Crippen LogP contribution in [0.3, 0.4) is 0 Å². The summed E-state index contributed by atoms with van der Waals surface area (Å²) in [5.41, 5.74) is -0.303. The minimum Gasteiger partial charge on any atom is -0.298 e. The van der Waals surface area contributed by atoms with Gasteiger partial charge >= 0.3 is 6.18 Å². The van der Waals surface area contributed by atoms with Gasteiger partial charge in [0.2, 0.25) is 0 Å². The Hall–Kier alpha value is -1.20. The SMILES string of the molecule is O=Cc1ccc([SH]2C=CC(C(F)(F)F)=C2)cc1Cl. The van der Waals surface area contributed by atoms with Crippen LogP contribution in [-0.4, -0.2) is 12.5 Å². The van der Waals surface area contributed by atoms with Crippen LogP contribution >= 0.6 is 22.5 Å². The van der Waals surface area contributed by atoms with E-state index in [2.05, 4.69) is 0 Å². The van der Waals surface area contributed by atoms with Crippen LogP contribution in [0.4, 0.5) is 13.2 Å². The minimum absolute atomic E-state index is 0.257. The maximum atomic E-state index is 12.5. The van der Waals surface area contributed by atoms with Crippen molar-refractivity contribution in [1.82, 2.24) is 0 Å². The van der Waals surface area contributed by atoms with Gasteiger partial charge in [0.15, 0.2) is 6.29 Å². The van der Waals surface area contributed by atoms with Crippen LogP contribution < -0.4 is 0 Å². The number of halogens is 4. The van der Waals surface area contributed by atoms with Gasteiger partial charge in [-0.25, -0.2) is 0 Å². The molecule has 0 fully saturated rings. The van der Waals surface area contributed by atoms with E-state index in [9.17, 15) is 18.0 Å². The highest BCUT2D eigenvalue weighted by Gasteiger charge is 2.34. The molecule has 0 bridgehead atoms. The summed E-state index contributed by atoms with van der Waals surface area (Å²) in [4.78, 5) is 11.3. The van der Waals surface area contributed by atoms with E-state index in [-0.39, 0.29) is 5.02 Å². The second-order valence-electron chi connectivity index (χ2n) is 3.63. The van der Waals surface area contributed by atoms with Crippen LogP contribution in [0.5, 0.6) is 0 Å². The second-order valence-corrected chi connectivity index (χ2v) is 5.92. The number of aldehydes is 1. The summed E-state index contributed by atoms with van der Waals surface area (Å²) < 4.78 is 37.4. The lowest BCUT2D eigenvalue weighted by Gasteiger charge is -2.11. The van der Waals surface area contributed by atoms with Crippen LogP contribution in [0.1, 0.15) is 10.4 Å².